The minimum Gasteiger partial charge on any atom is -0.493 e. The number of hydrogen-bond acceptors (Lipinski definition) is 3. The van der Waals surface area contributed by atoms with Crippen LogP contribution in [0.2, 0.25) is 5.22 Å². The van der Waals surface area contributed by atoms with Crippen LogP contribution < -0.4 is 4.74 Å². The number of carboxylic acid groups (broad SMARTS) is 1. The molecule has 0 saturated heterocycles. The van der Waals surface area contributed by atoms with E-state index in [0.29, 0.717) is 17.9 Å². The van der Waals surface area contributed by atoms with E-state index in [0.717, 1.165) is 5.39 Å². The summed E-state index contributed by atoms with van der Waals surface area (Å²) in [5.74, 6) is -0.738. The molecule has 1 aromatic carbocycles. The first kappa shape index (κ1) is 10.8. The summed E-state index contributed by atoms with van der Waals surface area (Å²) in [6.45, 7) is 2.19. The standard InChI is InChI=1S/C11H9ClO4/c1-2-15-9-3-6-4-10(12)16-8(6)5-7(9)11(13)14/h3-5H,2H2,1H3,(H,13,14). The number of halogens is 1. The zero-order valence-corrected chi connectivity index (χ0v) is 9.25. The molecule has 84 valence electrons. The van der Waals surface area contributed by atoms with E-state index in [4.69, 9.17) is 25.9 Å². The van der Waals surface area contributed by atoms with E-state index in [1.165, 1.54) is 6.07 Å². The van der Waals surface area contributed by atoms with Crippen molar-refractivity contribution < 1.29 is 19.1 Å². The molecule has 2 rings (SSSR count). The van der Waals surface area contributed by atoms with Gasteiger partial charge in [0, 0.05) is 11.5 Å². The molecule has 2 aromatic rings. The Hall–Kier alpha value is -1.68. The van der Waals surface area contributed by atoms with Crippen molar-refractivity contribution in [2.45, 2.75) is 6.92 Å². The Kier molecular flexibility index (Phi) is 2.75. The molecule has 0 bridgehead atoms. The van der Waals surface area contributed by atoms with Gasteiger partial charge in [-0.1, -0.05) is 0 Å². The van der Waals surface area contributed by atoms with Crippen LogP contribution in [0.5, 0.6) is 5.75 Å². The zero-order valence-electron chi connectivity index (χ0n) is 8.49. The summed E-state index contributed by atoms with van der Waals surface area (Å²) >= 11 is 5.69. The topological polar surface area (TPSA) is 59.7 Å². The average molecular weight is 241 g/mol. The molecule has 16 heavy (non-hydrogen) atoms. The zero-order chi connectivity index (χ0) is 11.7. The average Bonchev–Trinajstić information content (AvgIpc) is 2.56. The van der Waals surface area contributed by atoms with Gasteiger partial charge in [0.1, 0.15) is 16.9 Å². The second-order valence-electron chi connectivity index (χ2n) is 3.17. The molecular weight excluding hydrogens is 232 g/mol. The van der Waals surface area contributed by atoms with Gasteiger partial charge in [0.15, 0.2) is 5.22 Å². The summed E-state index contributed by atoms with van der Waals surface area (Å²) in [4.78, 5) is 11.0. The van der Waals surface area contributed by atoms with Gasteiger partial charge >= 0.3 is 5.97 Å². The maximum atomic E-state index is 11.0. The van der Waals surface area contributed by atoms with Gasteiger partial charge in [-0.25, -0.2) is 4.79 Å². The van der Waals surface area contributed by atoms with Crippen LogP contribution in [0.3, 0.4) is 0 Å². The van der Waals surface area contributed by atoms with Gasteiger partial charge in [-0.15, -0.1) is 0 Å². The van der Waals surface area contributed by atoms with Gasteiger partial charge in [0.2, 0.25) is 0 Å². The highest BCUT2D eigenvalue weighted by molar-refractivity contribution is 6.29. The summed E-state index contributed by atoms with van der Waals surface area (Å²) in [5.41, 5.74) is 0.506. The van der Waals surface area contributed by atoms with Crippen molar-refractivity contribution in [3.05, 3.63) is 29.0 Å². The number of aromatic carboxylic acids is 1. The van der Waals surface area contributed by atoms with Gasteiger partial charge in [-0.3, -0.25) is 0 Å². The van der Waals surface area contributed by atoms with Crippen LogP contribution in [0.15, 0.2) is 22.6 Å². The Morgan fingerprint density at radius 3 is 2.88 bits per heavy atom. The number of furan rings is 1. The van der Waals surface area contributed by atoms with Crippen LogP contribution in [0.1, 0.15) is 17.3 Å². The largest absolute Gasteiger partial charge is 0.493 e. The Balaban J connectivity index is 2.64. The molecule has 5 heteroatoms. The molecule has 0 aliphatic carbocycles. The first-order chi connectivity index (χ1) is 7.61. The van der Waals surface area contributed by atoms with E-state index in [1.54, 1.807) is 19.1 Å². The van der Waals surface area contributed by atoms with Crippen LogP contribution in [0, 0.1) is 0 Å². The molecule has 0 fully saturated rings. The van der Waals surface area contributed by atoms with E-state index >= 15 is 0 Å². The van der Waals surface area contributed by atoms with Crippen molar-refractivity contribution in [2.24, 2.45) is 0 Å². The third kappa shape index (κ3) is 1.84. The van der Waals surface area contributed by atoms with E-state index in [9.17, 15) is 4.79 Å². The molecule has 0 aliphatic heterocycles. The minimum atomic E-state index is -1.06. The highest BCUT2D eigenvalue weighted by Crippen LogP contribution is 2.30. The molecule has 1 aromatic heterocycles. The Morgan fingerprint density at radius 1 is 1.50 bits per heavy atom. The molecule has 0 aliphatic rings. The SMILES string of the molecule is CCOc1cc2cc(Cl)oc2cc1C(=O)O. The lowest BCUT2D eigenvalue weighted by atomic mass is 10.1. The molecular formula is C11H9ClO4. The van der Waals surface area contributed by atoms with E-state index < -0.39 is 5.97 Å². The molecule has 0 saturated carbocycles. The van der Waals surface area contributed by atoms with E-state index in [2.05, 4.69) is 0 Å². The van der Waals surface area contributed by atoms with Gasteiger partial charge < -0.3 is 14.3 Å². The van der Waals surface area contributed by atoms with Gasteiger partial charge in [-0.05, 0) is 30.7 Å². The van der Waals surface area contributed by atoms with Crippen molar-refractivity contribution in [3.63, 3.8) is 0 Å². The predicted octanol–water partition coefficient (Wildman–Crippen LogP) is 3.18. The lowest BCUT2D eigenvalue weighted by Gasteiger charge is -2.06. The fourth-order valence-electron chi connectivity index (χ4n) is 1.48. The molecule has 0 unspecified atom stereocenters. The first-order valence-corrected chi connectivity index (χ1v) is 5.08. The lowest BCUT2D eigenvalue weighted by molar-refractivity contribution is 0.0692. The Labute approximate surface area is 96.4 Å². The Bertz CT molecular complexity index is 544. The van der Waals surface area contributed by atoms with Gasteiger partial charge in [0.25, 0.3) is 0 Å². The quantitative estimate of drug-likeness (QED) is 0.895. The first-order valence-electron chi connectivity index (χ1n) is 4.71. The van der Waals surface area contributed by atoms with E-state index in [1.807, 2.05) is 0 Å². The van der Waals surface area contributed by atoms with Crippen molar-refractivity contribution in [1.82, 2.24) is 0 Å². The van der Waals surface area contributed by atoms with Crippen LogP contribution >= 0.6 is 11.6 Å². The number of fused-ring (bicyclic) bond motifs is 1. The fraction of sp³-hybridized carbons (Fsp3) is 0.182. The molecule has 0 spiro atoms. The number of carboxylic acids is 1. The summed E-state index contributed by atoms with van der Waals surface area (Å²) in [6.07, 6.45) is 0. The van der Waals surface area contributed by atoms with Crippen LogP contribution in [-0.2, 0) is 0 Å². The number of ether oxygens (including phenoxy) is 1. The third-order valence-corrected chi connectivity index (χ3v) is 2.30. The van der Waals surface area contributed by atoms with Gasteiger partial charge in [0.05, 0.1) is 6.61 Å². The molecule has 4 nitrogen and oxygen atoms in total. The van der Waals surface area contributed by atoms with Crippen molar-refractivity contribution in [2.75, 3.05) is 6.61 Å². The third-order valence-electron chi connectivity index (χ3n) is 2.12. The predicted molar refractivity (Wildman–Crippen MR) is 59.4 cm³/mol. The molecule has 1 heterocycles. The van der Waals surface area contributed by atoms with Crippen LogP contribution in [0.4, 0.5) is 0 Å². The number of rotatable bonds is 3. The summed E-state index contributed by atoms with van der Waals surface area (Å²) in [5, 5.41) is 9.95. The number of carbonyl (C=O) groups is 1. The minimum absolute atomic E-state index is 0.0698. The van der Waals surface area contributed by atoms with Crippen molar-refractivity contribution in [3.8, 4) is 5.75 Å². The Morgan fingerprint density at radius 2 is 2.25 bits per heavy atom. The lowest BCUT2D eigenvalue weighted by Crippen LogP contribution is -2.02. The highest BCUT2D eigenvalue weighted by atomic mass is 35.5. The molecule has 0 amide bonds. The van der Waals surface area contributed by atoms with E-state index in [-0.39, 0.29) is 10.8 Å². The molecule has 0 atom stereocenters. The summed E-state index contributed by atoms with van der Waals surface area (Å²) in [7, 11) is 0. The van der Waals surface area contributed by atoms with Crippen molar-refractivity contribution in [1.29, 1.82) is 0 Å². The van der Waals surface area contributed by atoms with Crippen LogP contribution in [0.25, 0.3) is 11.0 Å². The number of hydrogen-bond donors (Lipinski definition) is 1. The normalized spacial score (nSPS) is 10.6. The number of benzene rings is 1. The maximum Gasteiger partial charge on any atom is 0.339 e. The fourth-order valence-corrected chi connectivity index (χ4v) is 1.68. The summed E-state index contributed by atoms with van der Waals surface area (Å²) < 4.78 is 10.4. The molecule has 0 radical (unpaired) electrons. The maximum absolute atomic E-state index is 11.0. The van der Waals surface area contributed by atoms with Crippen molar-refractivity contribution >= 4 is 28.5 Å². The van der Waals surface area contributed by atoms with Gasteiger partial charge in [-0.2, -0.15) is 0 Å². The molecule has 1 N–H and O–H groups in total. The smallest absolute Gasteiger partial charge is 0.339 e. The highest BCUT2D eigenvalue weighted by Gasteiger charge is 2.15. The monoisotopic (exact) mass is 240 g/mol. The second-order valence-corrected chi connectivity index (χ2v) is 3.55. The summed E-state index contributed by atoms with van der Waals surface area (Å²) in [6, 6.07) is 4.64. The second kappa shape index (κ2) is 4.06. The van der Waals surface area contributed by atoms with Crippen LogP contribution in [-0.4, -0.2) is 17.7 Å².